The number of fused-ring (bicyclic) bond motifs is 1. The van der Waals surface area contributed by atoms with E-state index in [1.165, 1.54) is 0 Å². The van der Waals surface area contributed by atoms with Crippen molar-refractivity contribution in [3.05, 3.63) is 16.0 Å². The molecule has 236 valence electrons. The zero-order chi connectivity index (χ0) is 32.6. The molecule has 0 fully saturated rings. The highest BCUT2D eigenvalue weighted by Gasteiger charge is 2.95. The first kappa shape index (κ1) is 34.7. The van der Waals surface area contributed by atoms with Crippen LogP contribution in [-0.4, -0.2) is 59.4 Å². The summed E-state index contributed by atoms with van der Waals surface area (Å²) in [4.78, 5) is 23.8. The van der Waals surface area contributed by atoms with Crippen molar-refractivity contribution in [3.63, 3.8) is 0 Å². The molecule has 3 N–H and O–H groups in total. The Labute approximate surface area is 220 Å². The fourth-order valence-electron chi connectivity index (χ4n) is 3.59. The molecule has 0 saturated heterocycles. The quantitative estimate of drug-likeness (QED) is 0.284. The first-order chi connectivity index (χ1) is 17.9. The number of amides is 2. The lowest BCUT2D eigenvalue weighted by Crippen LogP contribution is -2.75. The number of nitrogens with one attached hydrogen (secondary N) is 1. The van der Waals surface area contributed by atoms with Crippen LogP contribution in [0.3, 0.4) is 0 Å². The molecular weight excluding hydrogens is 643 g/mol. The Morgan fingerprint density at radius 2 is 1.15 bits per heavy atom. The summed E-state index contributed by atoms with van der Waals surface area (Å²) >= 11 is 0.219. The summed E-state index contributed by atoms with van der Waals surface area (Å²) < 4.78 is 228. The van der Waals surface area contributed by atoms with Gasteiger partial charge >= 0.3 is 53.5 Å². The lowest BCUT2D eigenvalue weighted by molar-refractivity contribution is -0.459. The van der Waals surface area contributed by atoms with Crippen molar-refractivity contribution in [2.75, 3.05) is 5.32 Å². The molecule has 1 aromatic rings. The monoisotopic (exact) mass is 656 g/mol. The predicted molar refractivity (Wildman–Crippen MR) is 103 cm³/mol. The Kier molecular flexibility index (Phi) is 8.24. The van der Waals surface area contributed by atoms with Gasteiger partial charge in [0.15, 0.2) is 0 Å². The van der Waals surface area contributed by atoms with E-state index in [0.717, 1.165) is 5.32 Å². The summed E-state index contributed by atoms with van der Waals surface area (Å²) in [5.74, 6) is -64.0. The minimum atomic E-state index is -8.80. The molecule has 1 aliphatic rings. The molecule has 2 amide bonds. The topological polar surface area (TPSA) is 72.2 Å². The van der Waals surface area contributed by atoms with Crippen molar-refractivity contribution >= 4 is 28.2 Å². The summed E-state index contributed by atoms with van der Waals surface area (Å²) in [6, 6.07) is 0. The highest BCUT2D eigenvalue weighted by molar-refractivity contribution is 7.17. The maximum absolute atomic E-state index is 14.2. The van der Waals surface area contributed by atoms with Gasteiger partial charge in [-0.15, -0.1) is 11.3 Å². The van der Waals surface area contributed by atoms with Gasteiger partial charge in [0, 0.05) is 4.88 Å². The Morgan fingerprint density at radius 3 is 1.56 bits per heavy atom. The van der Waals surface area contributed by atoms with Gasteiger partial charge < -0.3 is 11.1 Å². The first-order valence-corrected chi connectivity index (χ1v) is 11.2. The van der Waals surface area contributed by atoms with E-state index in [9.17, 15) is 84.2 Å². The van der Waals surface area contributed by atoms with E-state index in [2.05, 4.69) is 0 Å². The molecule has 1 aliphatic carbocycles. The van der Waals surface area contributed by atoms with Gasteiger partial charge in [-0.05, 0) is 30.7 Å². The van der Waals surface area contributed by atoms with Crippen molar-refractivity contribution in [1.82, 2.24) is 0 Å². The lowest BCUT2D eigenvalue weighted by Gasteiger charge is -2.42. The van der Waals surface area contributed by atoms with Crippen LogP contribution in [0.4, 0.5) is 79.6 Å². The van der Waals surface area contributed by atoms with E-state index in [0.29, 0.717) is 6.42 Å². The van der Waals surface area contributed by atoms with Crippen LogP contribution in [0.2, 0.25) is 0 Å². The normalized spacial score (nSPS) is 18.2. The molecule has 0 radical (unpaired) electrons. The molecule has 1 unspecified atom stereocenters. The van der Waals surface area contributed by atoms with Crippen molar-refractivity contribution in [2.45, 2.75) is 73.8 Å². The third-order valence-electron chi connectivity index (χ3n) is 5.99. The van der Waals surface area contributed by atoms with Gasteiger partial charge in [0.1, 0.15) is 5.00 Å². The molecule has 1 atom stereocenters. The van der Waals surface area contributed by atoms with Crippen molar-refractivity contribution < 1.29 is 84.2 Å². The standard InChI is InChI=1S/C19H13F17N2O2S/c1-5-2-3-6-7(4-5)41-10(8(6)9(37)39)38-11(40)12(20,21)13(22,23)14(24,25)15(26,27)16(28,29)17(30,31)18(32,33)19(34,35)36/h5H,2-4H2,1H3,(H2,37,39)(H,38,40). The summed E-state index contributed by atoms with van der Waals surface area (Å²) in [7, 11) is 0. The highest BCUT2D eigenvalue weighted by atomic mass is 32.1. The predicted octanol–water partition coefficient (Wildman–Crippen LogP) is 6.92. The third kappa shape index (κ3) is 4.76. The maximum atomic E-state index is 14.2. The smallest absolute Gasteiger partial charge is 0.365 e. The second kappa shape index (κ2) is 9.75. The average Bonchev–Trinajstić information content (AvgIpc) is 3.14. The molecule has 4 nitrogen and oxygen atoms in total. The number of rotatable bonds is 9. The number of primary amides is 1. The van der Waals surface area contributed by atoms with E-state index in [-0.39, 0.29) is 40.5 Å². The number of alkyl halides is 17. The molecule has 0 saturated carbocycles. The van der Waals surface area contributed by atoms with E-state index in [1.807, 2.05) is 0 Å². The Bertz CT molecular complexity index is 1200. The van der Waals surface area contributed by atoms with Crippen molar-refractivity contribution in [1.29, 1.82) is 0 Å². The minimum Gasteiger partial charge on any atom is -0.365 e. The number of hydrogen-bond donors (Lipinski definition) is 2. The number of carbonyl (C=O) groups excluding carboxylic acids is 2. The van der Waals surface area contributed by atoms with Crippen LogP contribution in [0, 0.1) is 5.92 Å². The van der Waals surface area contributed by atoms with Gasteiger partial charge in [-0.25, -0.2) is 0 Å². The highest BCUT2D eigenvalue weighted by Crippen LogP contribution is 2.64. The Balaban J connectivity index is 2.57. The molecule has 0 bridgehead atoms. The minimum absolute atomic E-state index is 0.00435. The second-order valence-electron chi connectivity index (χ2n) is 8.89. The van der Waals surface area contributed by atoms with Crippen LogP contribution in [0.15, 0.2) is 0 Å². The molecule has 0 aliphatic heterocycles. The van der Waals surface area contributed by atoms with Crippen LogP contribution in [0.25, 0.3) is 0 Å². The molecule has 1 heterocycles. The molecule has 41 heavy (non-hydrogen) atoms. The number of nitrogens with two attached hydrogens (primary N) is 1. The van der Waals surface area contributed by atoms with Gasteiger partial charge in [-0.2, -0.15) is 74.6 Å². The van der Waals surface area contributed by atoms with Gasteiger partial charge in [-0.1, -0.05) is 6.92 Å². The molecule has 0 aromatic carbocycles. The number of hydrogen-bond acceptors (Lipinski definition) is 3. The Morgan fingerprint density at radius 1 is 0.732 bits per heavy atom. The number of anilines is 1. The average molecular weight is 656 g/mol. The van der Waals surface area contributed by atoms with Crippen LogP contribution in [0.1, 0.15) is 34.1 Å². The summed E-state index contributed by atoms with van der Waals surface area (Å²) in [6.07, 6.45) is -7.46. The van der Waals surface area contributed by atoms with Gasteiger partial charge in [0.2, 0.25) is 0 Å². The van der Waals surface area contributed by atoms with E-state index in [4.69, 9.17) is 5.73 Å². The fourth-order valence-corrected chi connectivity index (χ4v) is 5.00. The SMILES string of the molecule is CC1CCc2c(sc(NC(=O)C(F)(F)C(F)(F)C(F)(F)C(F)(F)C(F)(F)C(F)(F)C(F)(F)C(F)(F)F)c2C(N)=O)C1. The molecule has 0 spiro atoms. The van der Waals surface area contributed by atoms with Crippen LogP contribution in [0.5, 0.6) is 0 Å². The van der Waals surface area contributed by atoms with Crippen LogP contribution >= 0.6 is 11.3 Å². The van der Waals surface area contributed by atoms with Crippen molar-refractivity contribution in [2.24, 2.45) is 11.7 Å². The largest absolute Gasteiger partial charge is 0.460 e. The number of carbonyl (C=O) groups is 2. The summed E-state index contributed by atoms with van der Waals surface area (Å²) in [5.41, 5.74) is 4.23. The first-order valence-electron chi connectivity index (χ1n) is 10.4. The Hall–Kier alpha value is -2.55. The lowest BCUT2D eigenvalue weighted by atomic mass is 9.88. The second-order valence-corrected chi connectivity index (χ2v) is 10.00. The molecule has 2 rings (SSSR count). The van der Waals surface area contributed by atoms with Crippen LogP contribution < -0.4 is 11.1 Å². The zero-order valence-electron chi connectivity index (χ0n) is 19.4. The number of halogens is 17. The maximum Gasteiger partial charge on any atom is 0.460 e. The molecule has 22 heteroatoms. The number of thiophene rings is 1. The zero-order valence-corrected chi connectivity index (χ0v) is 20.2. The molecular formula is C19H13F17N2O2S. The van der Waals surface area contributed by atoms with Gasteiger partial charge in [0.05, 0.1) is 5.56 Å². The van der Waals surface area contributed by atoms with Crippen molar-refractivity contribution in [3.8, 4) is 0 Å². The van der Waals surface area contributed by atoms with E-state index < -0.39 is 70.0 Å². The fraction of sp³-hybridized carbons (Fsp3) is 0.684. The van der Waals surface area contributed by atoms with Gasteiger partial charge in [-0.3, -0.25) is 9.59 Å². The summed E-state index contributed by atoms with van der Waals surface area (Å²) in [6.45, 7) is 1.64. The van der Waals surface area contributed by atoms with Crippen LogP contribution in [-0.2, 0) is 17.6 Å². The summed E-state index contributed by atoms with van der Waals surface area (Å²) in [5, 5.41) is -0.304. The molecule has 1 aromatic heterocycles. The third-order valence-corrected chi connectivity index (χ3v) is 7.16. The van der Waals surface area contributed by atoms with Gasteiger partial charge in [0.25, 0.3) is 5.91 Å². The van der Waals surface area contributed by atoms with E-state index >= 15 is 0 Å². The van der Waals surface area contributed by atoms with E-state index in [1.54, 1.807) is 6.92 Å².